The Balaban J connectivity index is 1.75. The lowest BCUT2D eigenvalue weighted by Gasteiger charge is -2.33. The Morgan fingerprint density at radius 1 is 1.26 bits per heavy atom. The van der Waals surface area contributed by atoms with E-state index in [1.165, 1.54) is 38.0 Å². The summed E-state index contributed by atoms with van der Waals surface area (Å²) in [4.78, 5) is 2.53. The van der Waals surface area contributed by atoms with Crippen LogP contribution in [-0.4, -0.2) is 36.6 Å². The van der Waals surface area contributed by atoms with Crippen molar-refractivity contribution in [2.75, 3.05) is 19.6 Å². The van der Waals surface area contributed by atoms with E-state index in [-0.39, 0.29) is 0 Å². The van der Waals surface area contributed by atoms with E-state index in [9.17, 15) is 0 Å². The van der Waals surface area contributed by atoms with Gasteiger partial charge in [0.05, 0.1) is 0 Å². The first-order valence-corrected chi connectivity index (χ1v) is 7.78. The molecule has 1 N–H and O–H groups in total. The quantitative estimate of drug-likeness (QED) is 0.890. The normalized spacial score (nSPS) is 19.5. The summed E-state index contributed by atoms with van der Waals surface area (Å²) in [6, 6.07) is 9.41. The fourth-order valence-corrected chi connectivity index (χ4v) is 2.98. The van der Waals surface area contributed by atoms with Crippen molar-refractivity contribution in [2.24, 2.45) is 0 Å². The summed E-state index contributed by atoms with van der Waals surface area (Å²) in [7, 11) is 0. The van der Waals surface area contributed by atoms with Crippen molar-refractivity contribution in [3.8, 4) is 0 Å². The van der Waals surface area contributed by atoms with E-state index < -0.39 is 0 Å². The van der Waals surface area contributed by atoms with Gasteiger partial charge in [0, 0.05) is 17.1 Å². The number of piperidine rings is 1. The number of likely N-dealkylation sites (tertiary alicyclic amines) is 1. The van der Waals surface area contributed by atoms with Crippen LogP contribution in [0.5, 0.6) is 0 Å². The van der Waals surface area contributed by atoms with Crippen molar-refractivity contribution in [1.82, 2.24) is 10.2 Å². The first-order chi connectivity index (χ1) is 9.17. The fraction of sp³-hybridized carbons (Fsp3) is 0.625. The van der Waals surface area contributed by atoms with E-state index in [1.54, 1.807) is 0 Å². The molecule has 1 unspecified atom stereocenters. The molecule has 1 fully saturated rings. The minimum atomic E-state index is 0.527. The molecule has 0 radical (unpaired) electrons. The molecule has 0 bridgehead atoms. The number of hydrogen-bond donors (Lipinski definition) is 1. The molecule has 19 heavy (non-hydrogen) atoms. The van der Waals surface area contributed by atoms with Crippen LogP contribution < -0.4 is 5.32 Å². The van der Waals surface area contributed by atoms with Gasteiger partial charge in [-0.2, -0.15) is 0 Å². The van der Waals surface area contributed by atoms with E-state index in [2.05, 4.69) is 36.2 Å². The van der Waals surface area contributed by atoms with Crippen LogP contribution in [0.2, 0.25) is 5.02 Å². The minimum absolute atomic E-state index is 0.527. The zero-order valence-electron chi connectivity index (χ0n) is 12.0. The first-order valence-electron chi connectivity index (χ1n) is 7.40. The number of nitrogens with zero attached hydrogens (tertiary/aromatic N) is 1. The van der Waals surface area contributed by atoms with Crippen LogP contribution in [0.3, 0.4) is 0 Å². The van der Waals surface area contributed by atoms with Crippen molar-refractivity contribution in [3.63, 3.8) is 0 Å². The van der Waals surface area contributed by atoms with Gasteiger partial charge in [0.25, 0.3) is 0 Å². The lowest BCUT2D eigenvalue weighted by Crippen LogP contribution is -2.45. The van der Waals surface area contributed by atoms with Gasteiger partial charge in [-0.05, 0) is 63.5 Å². The molecule has 0 spiro atoms. The Labute approximate surface area is 122 Å². The molecule has 1 atom stereocenters. The zero-order valence-corrected chi connectivity index (χ0v) is 12.8. The summed E-state index contributed by atoms with van der Waals surface area (Å²) in [5.74, 6) is 0. The summed E-state index contributed by atoms with van der Waals surface area (Å²) >= 11 is 5.91. The number of nitrogens with one attached hydrogen (secondary N) is 1. The predicted molar refractivity (Wildman–Crippen MR) is 82.9 cm³/mol. The number of halogens is 1. The standard InChI is InChI=1S/C16H25ClN2/c1-3-19-10-8-16(9-11-19)18-13(2)12-14-4-6-15(17)7-5-14/h4-7,13,16,18H,3,8-12H2,1-2H3. The fourth-order valence-electron chi connectivity index (χ4n) is 2.85. The highest BCUT2D eigenvalue weighted by atomic mass is 35.5. The molecule has 1 aliphatic heterocycles. The SMILES string of the molecule is CCN1CCC(NC(C)Cc2ccc(Cl)cc2)CC1. The highest BCUT2D eigenvalue weighted by molar-refractivity contribution is 6.30. The molecule has 1 aliphatic rings. The van der Waals surface area contributed by atoms with Gasteiger partial charge >= 0.3 is 0 Å². The first kappa shape index (κ1) is 14.8. The molecule has 0 saturated carbocycles. The van der Waals surface area contributed by atoms with Gasteiger partial charge in [0.1, 0.15) is 0 Å². The highest BCUT2D eigenvalue weighted by Crippen LogP contribution is 2.13. The van der Waals surface area contributed by atoms with E-state index in [0.717, 1.165) is 11.4 Å². The van der Waals surface area contributed by atoms with Crippen LogP contribution in [0.25, 0.3) is 0 Å². The molecule has 0 aliphatic carbocycles. The smallest absolute Gasteiger partial charge is 0.0406 e. The van der Waals surface area contributed by atoms with Gasteiger partial charge in [-0.1, -0.05) is 30.7 Å². The Hall–Kier alpha value is -0.570. The third kappa shape index (κ3) is 4.79. The lowest BCUT2D eigenvalue weighted by atomic mass is 10.0. The molecule has 2 nitrogen and oxygen atoms in total. The summed E-state index contributed by atoms with van der Waals surface area (Å²) in [5, 5.41) is 4.58. The maximum atomic E-state index is 5.91. The van der Waals surface area contributed by atoms with Crippen molar-refractivity contribution in [2.45, 2.75) is 45.2 Å². The number of benzene rings is 1. The third-order valence-electron chi connectivity index (χ3n) is 4.01. The van der Waals surface area contributed by atoms with E-state index in [0.29, 0.717) is 12.1 Å². The second-order valence-corrected chi connectivity index (χ2v) is 6.04. The molecular weight excluding hydrogens is 256 g/mol. The van der Waals surface area contributed by atoms with Crippen LogP contribution in [0.4, 0.5) is 0 Å². The summed E-state index contributed by atoms with van der Waals surface area (Å²) in [6.07, 6.45) is 3.63. The molecule has 1 saturated heterocycles. The van der Waals surface area contributed by atoms with Gasteiger partial charge in [0.2, 0.25) is 0 Å². The molecule has 0 amide bonds. The summed E-state index contributed by atoms with van der Waals surface area (Å²) in [5.41, 5.74) is 1.36. The van der Waals surface area contributed by atoms with Crippen molar-refractivity contribution >= 4 is 11.6 Å². The minimum Gasteiger partial charge on any atom is -0.311 e. The molecule has 1 aromatic rings. The molecule has 1 aromatic carbocycles. The van der Waals surface area contributed by atoms with Gasteiger partial charge in [-0.3, -0.25) is 0 Å². The summed E-state index contributed by atoms with van der Waals surface area (Å²) < 4.78 is 0. The van der Waals surface area contributed by atoms with E-state index in [4.69, 9.17) is 11.6 Å². The molecule has 0 aromatic heterocycles. The van der Waals surface area contributed by atoms with Gasteiger partial charge in [-0.15, -0.1) is 0 Å². The second-order valence-electron chi connectivity index (χ2n) is 5.61. The molecular formula is C16H25ClN2. The predicted octanol–water partition coefficient (Wildman–Crippen LogP) is 3.34. The third-order valence-corrected chi connectivity index (χ3v) is 4.26. The van der Waals surface area contributed by atoms with Crippen LogP contribution in [0.15, 0.2) is 24.3 Å². The maximum absolute atomic E-state index is 5.91. The number of rotatable bonds is 5. The van der Waals surface area contributed by atoms with Crippen LogP contribution in [0, 0.1) is 0 Å². The lowest BCUT2D eigenvalue weighted by molar-refractivity contribution is 0.200. The monoisotopic (exact) mass is 280 g/mol. The van der Waals surface area contributed by atoms with Gasteiger partial charge in [0.15, 0.2) is 0 Å². The Morgan fingerprint density at radius 3 is 2.47 bits per heavy atom. The molecule has 106 valence electrons. The van der Waals surface area contributed by atoms with Crippen molar-refractivity contribution < 1.29 is 0 Å². The highest BCUT2D eigenvalue weighted by Gasteiger charge is 2.19. The van der Waals surface area contributed by atoms with Crippen LogP contribution in [-0.2, 0) is 6.42 Å². The zero-order chi connectivity index (χ0) is 13.7. The maximum Gasteiger partial charge on any atom is 0.0406 e. The molecule has 1 heterocycles. The number of hydrogen-bond acceptors (Lipinski definition) is 2. The van der Waals surface area contributed by atoms with E-state index in [1.807, 2.05) is 12.1 Å². The van der Waals surface area contributed by atoms with Gasteiger partial charge < -0.3 is 10.2 Å². The largest absolute Gasteiger partial charge is 0.311 e. The average Bonchev–Trinajstić information content (AvgIpc) is 2.42. The van der Waals surface area contributed by atoms with Crippen LogP contribution >= 0.6 is 11.6 Å². The Bertz CT molecular complexity index is 369. The second kappa shape index (κ2) is 7.28. The summed E-state index contributed by atoms with van der Waals surface area (Å²) in [6.45, 7) is 8.19. The Morgan fingerprint density at radius 2 is 1.89 bits per heavy atom. The average molecular weight is 281 g/mol. The molecule has 3 heteroatoms. The Kier molecular flexibility index (Phi) is 5.68. The van der Waals surface area contributed by atoms with E-state index >= 15 is 0 Å². The topological polar surface area (TPSA) is 15.3 Å². The van der Waals surface area contributed by atoms with Crippen molar-refractivity contribution in [3.05, 3.63) is 34.9 Å². The van der Waals surface area contributed by atoms with Crippen molar-refractivity contribution in [1.29, 1.82) is 0 Å². The molecule has 2 rings (SSSR count). The van der Waals surface area contributed by atoms with Gasteiger partial charge in [-0.25, -0.2) is 0 Å². The van der Waals surface area contributed by atoms with Crippen LogP contribution in [0.1, 0.15) is 32.3 Å².